The van der Waals surface area contributed by atoms with Crippen molar-refractivity contribution >= 4 is 0 Å². The van der Waals surface area contributed by atoms with Gasteiger partial charge in [-0.2, -0.15) is 0 Å². The minimum Gasteiger partial charge on any atom is -0.394 e. The first-order valence-corrected chi connectivity index (χ1v) is 4.36. The van der Waals surface area contributed by atoms with Gasteiger partial charge < -0.3 is 25.5 Å². The lowest BCUT2D eigenvalue weighted by Gasteiger charge is -2.12. The Bertz CT molecular complexity index is 87.0. The first-order valence-electron chi connectivity index (χ1n) is 4.36. The Morgan fingerprint density at radius 1 is 0.923 bits per heavy atom. The van der Waals surface area contributed by atoms with Crippen LogP contribution in [-0.2, 0) is 0 Å². The van der Waals surface area contributed by atoms with Gasteiger partial charge in [0.05, 0.1) is 13.2 Å². The average molecular weight is 196 g/mol. The Kier molecular flexibility index (Phi) is 11.6. The van der Waals surface area contributed by atoms with Gasteiger partial charge in [0, 0.05) is 6.42 Å². The Morgan fingerprint density at radius 2 is 1.38 bits per heavy atom. The number of unbranched alkanes of at least 4 members (excludes halogenated alkanes) is 2. The van der Waals surface area contributed by atoms with E-state index in [0.29, 0.717) is 6.42 Å². The molecule has 0 spiro atoms. The highest BCUT2D eigenvalue weighted by molar-refractivity contribution is 4.47. The quantitative estimate of drug-likeness (QED) is 0.292. The van der Waals surface area contributed by atoms with Crippen LogP contribution >= 0.6 is 0 Å². The molecule has 0 saturated carbocycles. The molecule has 5 heteroatoms. The standard InChI is InChI=1S/C6H14O3.C2H6O2/c1-2-3-4-5-6(7,8)9;3-1-2-4/h7-9H,2-5H2,1H3;3-4H,1-2H2. The molecule has 0 heterocycles. The third-order valence-electron chi connectivity index (χ3n) is 1.22. The molecule has 0 atom stereocenters. The van der Waals surface area contributed by atoms with Gasteiger partial charge in [-0.25, -0.2) is 0 Å². The first-order chi connectivity index (χ1) is 5.97. The summed E-state index contributed by atoms with van der Waals surface area (Å²) in [6.45, 7) is 1.76. The molecule has 0 aromatic carbocycles. The van der Waals surface area contributed by atoms with Crippen LogP contribution in [-0.4, -0.2) is 44.7 Å². The average Bonchev–Trinajstić information content (AvgIpc) is 2.03. The van der Waals surface area contributed by atoms with Crippen LogP contribution in [0.3, 0.4) is 0 Å². The van der Waals surface area contributed by atoms with Crippen LogP contribution in [0.5, 0.6) is 0 Å². The summed E-state index contributed by atoms with van der Waals surface area (Å²) in [7, 11) is 0. The fraction of sp³-hybridized carbons (Fsp3) is 1.00. The summed E-state index contributed by atoms with van der Waals surface area (Å²) < 4.78 is 0. The predicted molar refractivity (Wildman–Crippen MR) is 47.7 cm³/mol. The molecule has 0 aliphatic carbocycles. The lowest BCUT2D eigenvalue weighted by Crippen LogP contribution is -2.26. The zero-order chi connectivity index (χ0) is 10.7. The molecular weight excluding hydrogens is 176 g/mol. The normalized spacial score (nSPS) is 10.6. The van der Waals surface area contributed by atoms with E-state index in [0.717, 1.165) is 12.8 Å². The first kappa shape index (κ1) is 15.3. The van der Waals surface area contributed by atoms with Crippen molar-refractivity contribution in [3.05, 3.63) is 0 Å². The summed E-state index contributed by atoms with van der Waals surface area (Å²) in [5.41, 5.74) is 0. The van der Waals surface area contributed by atoms with Gasteiger partial charge >= 0.3 is 0 Å². The van der Waals surface area contributed by atoms with Crippen LogP contribution in [0, 0.1) is 0 Å². The molecule has 0 aromatic heterocycles. The number of rotatable bonds is 5. The monoisotopic (exact) mass is 196 g/mol. The van der Waals surface area contributed by atoms with Gasteiger partial charge in [-0.05, 0) is 6.42 Å². The molecule has 0 fully saturated rings. The van der Waals surface area contributed by atoms with Crippen LogP contribution in [0.2, 0.25) is 0 Å². The molecule has 0 radical (unpaired) electrons. The highest BCUT2D eigenvalue weighted by Crippen LogP contribution is 2.07. The Balaban J connectivity index is 0. The summed E-state index contributed by atoms with van der Waals surface area (Å²) in [6, 6.07) is 0. The topological polar surface area (TPSA) is 101 Å². The van der Waals surface area contributed by atoms with Crippen molar-refractivity contribution in [2.45, 2.75) is 38.6 Å². The molecule has 0 unspecified atom stereocenters. The largest absolute Gasteiger partial charge is 0.394 e. The number of hydrogen-bond acceptors (Lipinski definition) is 5. The highest BCUT2D eigenvalue weighted by atomic mass is 16.7. The molecule has 0 saturated heterocycles. The molecular formula is C8H20O5. The van der Waals surface area contributed by atoms with E-state index in [-0.39, 0.29) is 19.6 Å². The van der Waals surface area contributed by atoms with Gasteiger partial charge in [0.25, 0.3) is 5.97 Å². The van der Waals surface area contributed by atoms with E-state index in [1.807, 2.05) is 6.92 Å². The SMILES string of the molecule is CCCCCC(O)(O)O.OCCO. The van der Waals surface area contributed by atoms with E-state index in [1.54, 1.807) is 0 Å². The van der Waals surface area contributed by atoms with E-state index in [1.165, 1.54) is 0 Å². The lowest BCUT2D eigenvalue weighted by molar-refractivity contribution is -0.314. The van der Waals surface area contributed by atoms with Crippen LogP contribution < -0.4 is 0 Å². The van der Waals surface area contributed by atoms with Gasteiger partial charge in [-0.1, -0.05) is 19.8 Å². The van der Waals surface area contributed by atoms with Crippen LogP contribution in [0.4, 0.5) is 0 Å². The molecule has 82 valence electrons. The molecule has 0 aromatic rings. The highest BCUT2D eigenvalue weighted by Gasteiger charge is 2.15. The second kappa shape index (κ2) is 9.88. The summed E-state index contributed by atoms with van der Waals surface area (Å²) in [5, 5.41) is 40.3. The Labute approximate surface area is 78.3 Å². The van der Waals surface area contributed by atoms with Crippen molar-refractivity contribution in [3.8, 4) is 0 Å². The zero-order valence-corrected chi connectivity index (χ0v) is 7.98. The molecule has 0 aliphatic heterocycles. The third kappa shape index (κ3) is 24.5. The maximum atomic E-state index is 8.36. The number of hydrogen-bond donors (Lipinski definition) is 5. The van der Waals surface area contributed by atoms with Crippen LogP contribution in [0.1, 0.15) is 32.6 Å². The summed E-state index contributed by atoms with van der Waals surface area (Å²) >= 11 is 0. The fourth-order valence-electron chi connectivity index (χ4n) is 0.612. The zero-order valence-electron chi connectivity index (χ0n) is 7.98. The van der Waals surface area contributed by atoms with Gasteiger partial charge in [0.2, 0.25) is 0 Å². The minimum absolute atomic E-state index is 0.0425. The van der Waals surface area contributed by atoms with Crippen molar-refractivity contribution in [3.63, 3.8) is 0 Å². The molecule has 13 heavy (non-hydrogen) atoms. The third-order valence-corrected chi connectivity index (χ3v) is 1.22. The van der Waals surface area contributed by atoms with Crippen molar-refractivity contribution in [1.82, 2.24) is 0 Å². The Hall–Kier alpha value is -0.200. The fourth-order valence-corrected chi connectivity index (χ4v) is 0.612. The molecule has 5 N–H and O–H groups in total. The van der Waals surface area contributed by atoms with Crippen molar-refractivity contribution in [2.24, 2.45) is 0 Å². The van der Waals surface area contributed by atoms with E-state index >= 15 is 0 Å². The summed E-state index contributed by atoms with van der Waals surface area (Å²) in [6.07, 6.45) is 2.63. The molecule has 0 amide bonds. The van der Waals surface area contributed by atoms with Crippen molar-refractivity contribution in [2.75, 3.05) is 13.2 Å². The molecule has 5 nitrogen and oxygen atoms in total. The second-order valence-corrected chi connectivity index (χ2v) is 2.68. The predicted octanol–water partition coefficient (Wildman–Crippen LogP) is -0.832. The lowest BCUT2D eigenvalue weighted by atomic mass is 10.2. The molecule has 0 aliphatic rings. The second-order valence-electron chi connectivity index (χ2n) is 2.68. The maximum Gasteiger partial charge on any atom is 0.275 e. The smallest absolute Gasteiger partial charge is 0.275 e. The van der Waals surface area contributed by atoms with Gasteiger partial charge in [0.15, 0.2) is 0 Å². The van der Waals surface area contributed by atoms with E-state index in [9.17, 15) is 0 Å². The van der Waals surface area contributed by atoms with Crippen molar-refractivity contribution < 1.29 is 25.5 Å². The van der Waals surface area contributed by atoms with Gasteiger partial charge in [-0.3, -0.25) is 0 Å². The number of aliphatic hydroxyl groups excluding tert-OH is 2. The van der Waals surface area contributed by atoms with E-state index in [4.69, 9.17) is 25.5 Å². The number of aliphatic hydroxyl groups is 5. The summed E-state index contributed by atoms with van der Waals surface area (Å²) in [5.74, 6) is -2.45. The van der Waals surface area contributed by atoms with Gasteiger partial charge in [0.1, 0.15) is 0 Å². The summed E-state index contributed by atoms with van der Waals surface area (Å²) in [4.78, 5) is 0. The van der Waals surface area contributed by atoms with E-state index < -0.39 is 5.97 Å². The van der Waals surface area contributed by atoms with Crippen LogP contribution in [0.15, 0.2) is 0 Å². The van der Waals surface area contributed by atoms with Gasteiger partial charge in [-0.15, -0.1) is 0 Å². The maximum absolute atomic E-state index is 8.36. The Morgan fingerprint density at radius 3 is 1.62 bits per heavy atom. The van der Waals surface area contributed by atoms with E-state index in [2.05, 4.69) is 0 Å². The van der Waals surface area contributed by atoms with Crippen molar-refractivity contribution in [1.29, 1.82) is 0 Å². The molecule has 0 rings (SSSR count). The minimum atomic E-state index is -2.45. The van der Waals surface area contributed by atoms with Crippen LogP contribution in [0.25, 0.3) is 0 Å². The molecule has 0 bridgehead atoms.